The average molecular weight is 827 g/mol. The number of aryl methyl sites for hydroxylation is 1. The van der Waals surface area contributed by atoms with E-state index >= 15 is 0 Å². The largest absolute Gasteiger partial charge is 0.871 e. The second-order valence-corrected chi connectivity index (χ2v) is 14.8. The number of H-pyrrole nitrogens is 1. The van der Waals surface area contributed by atoms with Crippen LogP contribution in [0.5, 0.6) is 17.2 Å². The molecular formula is C34H32CrN9O9S2+. The fraction of sp³-hybridized carbons (Fsp3) is 0.0588. The van der Waals surface area contributed by atoms with Crippen molar-refractivity contribution in [3.63, 3.8) is 0 Å². The maximum absolute atomic E-state index is 12.5. The minimum absolute atomic E-state index is 0. The molecule has 0 fully saturated rings. The van der Waals surface area contributed by atoms with E-state index in [9.17, 15) is 41.7 Å². The SMILES string of the molecule is CC(=O)Nc1ccc2ccc(O)c([NH+]=Nc3cc(S([NH3+])(=O)=O)ccc3O)c2c1.Cc1[nH]n(-c2ccccc2)c(=O)c1N=Nc1cc(S(N)(=O)=O)ccc1[O-].[Cr]. The van der Waals surface area contributed by atoms with Crippen molar-refractivity contribution in [2.45, 2.75) is 23.6 Å². The molecule has 0 aliphatic heterocycles. The molecule has 1 aromatic heterocycles. The molecule has 1 heterocycles. The molecule has 6 rings (SSSR count). The van der Waals surface area contributed by atoms with Crippen LogP contribution in [-0.4, -0.2) is 42.7 Å². The fourth-order valence-electron chi connectivity index (χ4n) is 4.88. The molecule has 0 atom stereocenters. The first kappa shape index (κ1) is 41.5. The molecule has 21 heteroatoms. The third-order valence-corrected chi connectivity index (χ3v) is 9.37. The van der Waals surface area contributed by atoms with Gasteiger partial charge in [-0.3, -0.25) is 14.7 Å². The number of anilines is 1. The monoisotopic (exact) mass is 826 g/mol. The van der Waals surface area contributed by atoms with Gasteiger partial charge in [-0.15, -0.1) is 5.11 Å². The van der Waals surface area contributed by atoms with Crippen molar-refractivity contribution >= 4 is 65.2 Å². The zero-order valence-electron chi connectivity index (χ0n) is 28.8. The van der Waals surface area contributed by atoms with Crippen LogP contribution < -0.4 is 31.4 Å². The van der Waals surface area contributed by atoms with Gasteiger partial charge >= 0.3 is 10.0 Å². The van der Waals surface area contributed by atoms with Crippen LogP contribution in [0.15, 0.2) is 127 Å². The van der Waals surface area contributed by atoms with Crippen molar-refractivity contribution in [3.8, 4) is 22.9 Å². The summed E-state index contributed by atoms with van der Waals surface area (Å²) in [4.78, 5) is 23.4. The number of benzene rings is 5. The molecule has 6 aromatic rings. The Morgan fingerprint density at radius 2 is 1.53 bits per heavy atom. The zero-order chi connectivity index (χ0) is 39.4. The Hall–Kier alpha value is -6.21. The predicted octanol–water partition coefficient (Wildman–Crippen LogP) is 2.24. The van der Waals surface area contributed by atoms with Crippen LogP contribution in [0, 0.1) is 6.92 Å². The molecule has 10 N–H and O–H groups in total. The van der Waals surface area contributed by atoms with Crippen LogP contribution in [0.4, 0.5) is 28.4 Å². The number of hydrogen-bond acceptors (Lipinski definition) is 12. The molecule has 0 unspecified atom stereocenters. The van der Waals surface area contributed by atoms with Gasteiger partial charge in [0.15, 0.2) is 17.1 Å². The summed E-state index contributed by atoms with van der Waals surface area (Å²) in [6.45, 7) is 3.02. The van der Waals surface area contributed by atoms with Crippen LogP contribution in [0.25, 0.3) is 16.5 Å². The number of fused-ring (bicyclic) bond motifs is 1. The van der Waals surface area contributed by atoms with Gasteiger partial charge in [0.2, 0.25) is 15.9 Å². The number of rotatable bonds is 8. The van der Waals surface area contributed by atoms with Gasteiger partial charge in [-0.05, 0) is 73.0 Å². The Balaban J connectivity index is 0.000000241. The van der Waals surface area contributed by atoms with Crippen LogP contribution in [-0.2, 0) is 42.2 Å². The van der Waals surface area contributed by atoms with Gasteiger partial charge in [-0.1, -0.05) is 47.3 Å². The summed E-state index contributed by atoms with van der Waals surface area (Å²) in [7, 11) is -7.71. The van der Waals surface area contributed by atoms with E-state index in [0.717, 1.165) is 29.7 Å². The Bertz CT molecular complexity index is 2750. The number of nitrogens with one attached hydrogen (secondary N) is 3. The second-order valence-electron chi connectivity index (χ2n) is 11.5. The van der Waals surface area contributed by atoms with Gasteiger partial charge in [0.25, 0.3) is 11.2 Å². The van der Waals surface area contributed by atoms with Crippen LogP contribution in [0.3, 0.4) is 0 Å². The van der Waals surface area contributed by atoms with Gasteiger partial charge in [-0.2, -0.15) is 13.5 Å². The normalized spacial score (nSPS) is 11.6. The summed E-state index contributed by atoms with van der Waals surface area (Å²) < 4.78 is 47.3. The van der Waals surface area contributed by atoms with Gasteiger partial charge < -0.3 is 20.6 Å². The van der Waals surface area contributed by atoms with Crippen molar-refractivity contribution in [1.82, 2.24) is 9.78 Å². The minimum Gasteiger partial charge on any atom is -0.871 e. The Morgan fingerprint density at radius 3 is 2.18 bits per heavy atom. The number of azo groups is 2. The van der Waals surface area contributed by atoms with Crippen LogP contribution >= 0.6 is 0 Å². The zero-order valence-corrected chi connectivity index (χ0v) is 31.7. The number of hydrogen-bond donors (Lipinski definition) is 7. The standard InChI is InChI=1S/C18H16N4O5S.C16H15N5O4S.Cr/c1-10(23)20-12-4-2-11-3-6-17(25)18(14(11)8-12)22-21-15-9-13(28(19,26)27)5-7-16(15)24;1-10-15(16(23)21(20-10)11-5-3-2-4-6-11)19-18-13-9-12(26(17,24)25)7-8-14(13)22;/h2-9,24-25H,1H3,(H,20,23)(H2,19,26,27);2-9,20,22H,1H3,(H2,17,24,25);/p+1. The number of sulfonamides is 2. The number of nitrogens with zero attached hydrogens (tertiary/aromatic N) is 4. The van der Waals surface area contributed by atoms with E-state index in [4.69, 9.17) is 5.14 Å². The summed E-state index contributed by atoms with van der Waals surface area (Å²) in [5, 5.41) is 61.2. The molecule has 18 nitrogen and oxygen atoms in total. The molecule has 0 spiro atoms. The average Bonchev–Trinajstić information content (AvgIpc) is 3.39. The maximum atomic E-state index is 12.5. The quantitative estimate of drug-likeness (QED) is 0.0873. The molecule has 1 amide bonds. The molecule has 0 saturated heterocycles. The summed E-state index contributed by atoms with van der Waals surface area (Å²) in [5.41, 5.74) is 1.10. The number of phenols is 2. The number of carbonyl (C=O) groups is 1. The number of primary sulfonamides is 1. The first-order valence-electron chi connectivity index (χ1n) is 15.5. The number of aromatic amines is 1. The number of aromatic nitrogens is 2. The third kappa shape index (κ3) is 10.1. The number of amides is 1. The van der Waals surface area contributed by atoms with Gasteiger partial charge in [0, 0.05) is 35.1 Å². The van der Waals surface area contributed by atoms with E-state index in [0.29, 0.717) is 22.5 Å². The predicted molar refractivity (Wildman–Crippen MR) is 193 cm³/mol. The molecule has 55 heavy (non-hydrogen) atoms. The summed E-state index contributed by atoms with van der Waals surface area (Å²) in [6.07, 6.45) is 0. The van der Waals surface area contributed by atoms with Gasteiger partial charge in [0.05, 0.1) is 27.4 Å². The van der Waals surface area contributed by atoms with Gasteiger partial charge in [0.1, 0.15) is 10.6 Å². The first-order chi connectivity index (χ1) is 25.4. The van der Waals surface area contributed by atoms with Crippen molar-refractivity contribution in [1.29, 1.82) is 0 Å². The van der Waals surface area contributed by atoms with E-state index in [1.807, 2.05) is 6.07 Å². The van der Waals surface area contributed by atoms with E-state index < -0.39 is 31.4 Å². The Morgan fingerprint density at radius 1 is 0.891 bits per heavy atom. The smallest absolute Gasteiger partial charge is 0.322 e. The molecule has 0 aliphatic rings. The molecule has 0 aliphatic carbocycles. The summed E-state index contributed by atoms with van der Waals surface area (Å²) in [6, 6.07) is 23.8. The molecule has 0 saturated carbocycles. The molecule has 0 bridgehead atoms. The molecule has 0 radical (unpaired) electrons. The van der Waals surface area contributed by atoms with E-state index in [-0.39, 0.29) is 67.3 Å². The van der Waals surface area contributed by atoms with Gasteiger partial charge in [-0.25, -0.2) is 23.4 Å². The number of para-hydroxylation sites is 1. The number of nitrogens with two attached hydrogens (primary N) is 1. The number of aromatic hydroxyl groups is 2. The minimum atomic E-state index is -3.99. The Labute approximate surface area is 323 Å². The Kier molecular flexibility index (Phi) is 12.7. The topological polar surface area (TPSA) is 303 Å². The fourth-order valence-corrected chi connectivity index (χ4v) is 5.98. The summed E-state index contributed by atoms with van der Waals surface area (Å²) >= 11 is 0. The first-order valence-corrected chi connectivity index (χ1v) is 18.7. The van der Waals surface area contributed by atoms with E-state index in [1.54, 1.807) is 55.5 Å². The molecule has 5 aromatic carbocycles. The summed E-state index contributed by atoms with van der Waals surface area (Å²) in [5.74, 6) is -1.15. The molecular weight excluding hydrogens is 795 g/mol. The van der Waals surface area contributed by atoms with E-state index in [1.165, 1.54) is 29.8 Å². The number of quaternary nitrogens is 1. The van der Waals surface area contributed by atoms with Crippen LogP contribution in [0.2, 0.25) is 0 Å². The van der Waals surface area contributed by atoms with Crippen molar-refractivity contribution < 1.29 is 64.6 Å². The van der Waals surface area contributed by atoms with E-state index in [2.05, 4.69) is 36.0 Å². The maximum Gasteiger partial charge on any atom is 0.322 e. The van der Waals surface area contributed by atoms with Crippen LogP contribution in [0.1, 0.15) is 12.6 Å². The van der Waals surface area contributed by atoms with Crippen molar-refractivity contribution in [2.75, 3.05) is 5.32 Å². The van der Waals surface area contributed by atoms with Crippen molar-refractivity contribution in [3.05, 3.63) is 113 Å². The second kappa shape index (κ2) is 16.9. The number of phenolic OH excluding ortho intramolecular Hbond substituents is 2. The molecule has 284 valence electrons. The van der Waals surface area contributed by atoms with Crippen molar-refractivity contribution in [2.24, 2.45) is 20.5 Å². The third-order valence-electron chi connectivity index (χ3n) is 7.49. The number of carbonyl (C=O) groups excluding carboxylic acids is 1.